The van der Waals surface area contributed by atoms with Crippen molar-refractivity contribution >= 4 is 23.2 Å². The number of hydrogen-bond acceptors (Lipinski definition) is 8. The van der Waals surface area contributed by atoms with E-state index in [-0.39, 0.29) is 38.2 Å². The van der Waals surface area contributed by atoms with Crippen molar-refractivity contribution in [2.24, 2.45) is 0 Å². The number of benzene rings is 4. The number of aryl methyl sites for hydroxylation is 2. The lowest BCUT2D eigenvalue weighted by atomic mass is 10.1. The summed E-state index contributed by atoms with van der Waals surface area (Å²) in [6.07, 6.45) is 0. The van der Waals surface area contributed by atoms with E-state index in [9.17, 15) is 9.59 Å². The van der Waals surface area contributed by atoms with Crippen LogP contribution in [0.3, 0.4) is 0 Å². The number of carbonyl (C=O) groups is 2. The highest BCUT2D eigenvalue weighted by Gasteiger charge is 2.17. The van der Waals surface area contributed by atoms with Gasteiger partial charge in [-0.3, -0.25) is 9.59 Å². The molecule has 0 radical (unpaired) electrons. The van der Waals surface area contributed by atoms with Crippen LogP contribution < -0.4 is 29.6 Å². The van der Waals surface area contributed by atoms with E-state index in [1.54, 1.807) is 48.5 Å². The third-order valence-electron chi connectivity index (χ3n) is 7.24. The number of rotatable bonds is 0. The van der Waals surface area contributed by atoms with E-state index >= 15 is 0 Å². The number of nitrogens with one attached hydrogen (secondary N) is 2. The van der Waals surface area contributed by atoms with Gasteiger partial charge in [0, 0.05) is 0 Å². The second-order valence-corrected chi connectivity index (χ2v) is 11.1. The van der Waals surface area contributed by atoms with Gasteiger partial charge in [-0.15, -0.1) is 0 Å². The van der Waals surface area contributed by atoms with Gasteiger partial charge in [0.1, 0.15) is 49.4 Å². The second-order valence-electron chi connectivity index (χ2n) is 11.1. The van der Waals surface area contributed by atoms with E-state index in [1.165, 1.54) is 0 Å². The maximum Gasteiger partial charge on any atom is 0.259 e. The largest absolute Gasteiger partial charge is 0.490 e. The monoisotopic (exact) mass is 652 g/mol. The number of ether oxygens (including phenoxy) is 6. The molecular formula is C38H40N2O8. The number of carbonyl (C=O) groups excluding carboxylic acids is 2. The maximum atomic E-state index is 13.4. The highest BCUT2D eigenvalue weighted by Crippen LogP contribution is 2.30. The normalized spacial score (nSPS) is 15.6. The van der Waals surface area contributed by atoms with Crippen LogP contribution in [0.4, 0.5) is 11.4 Å². The van der Waals surface area contributed by atoms with Gasteiger partial charge in [-0.05, 0) is 79.1 Å². The van der Waals surface area contributed by atoms with Crippen molar-refractivity contribution in [1.29, 1.82) is 0 Å². The van der Waals surface area contributed by atoms with Crippen LogP contribution in [0.2, 0.25) is 0 Å². The number of amides is 2. The Hall–Kier alpha value is -5.32. The molecule has 48 heavy (non-hydrogen) atoms. The number of hydrogen-bond donors (Lipinski definition) is 2. The van der Waals surface area contributed by atoms with E-state index in [1.807, 2.05) is 50.2 Å². The lowest BCUT2D eigenvalue weighted by molar-refractivity contribution is 0.0272. The molecule has 1 heterocycles. The minimum Gasteiger partial charge on any atom is -0.490 e. The lowest BCUT2D eigenvalue weighted by Crippen LogP contribution is -2.17. The molecule has 1 aliphatic rings. The zero-order valence-corrected chi connectivity index (χ0v) is 27.2. The molecule has 10 nitrogen and oxygen atoms in total. The molecule has 2 N–H and O–H groups in total. The van der Waals surface area contributed by atoms with Gasteiger partial charge in [-0.1, -0.05) is 43.0 Å². The molecular weight excluding hydrogens is 612 g/mol. The highest BCUT2D eigenvalue weighted by atomic mass is 16.6. The molecule has 1 aliphatic heterocycles. The molecule has 0 bridgehead atoms. The zero-order chi connectivity index (χ0) is 33.7. The fraction of sp³-hybridized carbons (Fsp3) is 0.263. The van der Waals surface area contributed by atoms with Gasteiger partial charge >= 0.3 is 0 Å². The molecule has 0 fully saturated rings. The molecule has 0 saturated heterocycles. The van der Waals surface area contributed by atoms with Crippen molar-refractivity contribution in [3.8, 4) is 23.0 Å². The predicted molar refractivity (Wildman–Crippen MR) is 184 cm³/mol. The molecule has 2 amide bonds. The van der Waals surface area contributed by atoms with Crippen molar-refractivity contribution < 1.29 is 38.0 Å². The minimum absolute atomic E-state index is 0.133. The Balaban J connectivity index is 1.34. The molecule has 0 spiro atoms. The Bertz CT molecular complexity index is 1610. The molecule has 4 aromatic carbocycles. The first-order chi connectivity index (χ1) is 23.4. The standard InChI is InChI=1S/C38H40N2O8/c1-26-12-14-35-31(22-26)39-37(41)29-8-4-6-10-33(29)45-20-18-43-16-17-44-19-21-46-34-11-7-5-9-30(34)38(42)40-32-23-27(2)13-15-36(32)48-25-28(3)24-47-35/h4-15,22-23H,3,16-21,24-25H2,1-2H3,(H,39,41)(H,40,42). The van der Waals surface area contributed by atoms with E-state index in [2.05, 4.69) is 17.2 Å². The zero-order valence-electron chi connectivity index (χ0n) is 27.2. The summed E-state index contributed by atoms with van der Waals surface area (Å²) in [6, 6.07) is 25.2. The molecule has 0 atom stereocenters. The van der Waals surface area contributed by atoms with Crippen molar-refractivity contribution in [2.75, 3.05) is 63.5 Å². The summed E-state index contributed by atoms with van der Waals surface area (Å²) in [5.41, 5.74) is 4.32. The van der Waals surface area contributed by atoms with Gasteiger partial charge in [-0.2, -0.15) is 0 Å². The third kappa shape index (κ3) is 9.60. The number of para-hydroxylation sites is 2. The van der Waals surface area contributed by atoms with Crippen molar-refractivity contribution in [3.63, 3.8) is 0 Å². The minimum atomic E-state index is -0.340. The van der Waals surface area contributed by atoms with Crippen LogP contribution in [0.5, 0.6) is 23.0 Å². The van der Waals surface area contributed by atoms with Crippen molar-refractivity contribution in [3.05, 3.63) is 119 Å². The molecule has 0 unspecified atom stereocenters. The van der Waals surface area contributed by atoms with Gasteiger partial charge in [0.25, 0.3) is 11.8 Å². The first-order valence-electron chi connectivity index (χ1n) is 15.7. The molecule has 10 heteroatoms. The van der Waals surface area contributed by atoms with E-state index in [0.717, 1.165) is 11.1 Å². The third-order valence-corrected chi connectivity index (χ3v) is 7.24. The van der Waals surface area contributed by atoms with E-state index in [0.29, 0.717) is 77.5 Å². The van der Waals surface area contributed by atoms with Crippen LogP contribution >= 0.6 is 0 Å². The molecule has 0 saturated carbocycles. The Labute approximate surface area is 280 Å². The molecule has 4 aromatic rings. The van der Waals surface area contributed by atoms with E-state index < -0.39 is 0 Å². The topological polar surface area (TPSA) is 114 Å². The van der Waals surface area contributed by atoms with Gasteiger partial charge in [0.05, 0.1) is 48.9 Å². The van der Waals surface area contributed by atoms with E-state index in [4.69, 9.17) is 28.4 Å². The van der Waals surface area contributed by atoms with Crippen LogP contribution in [-0.4, -0.2) is 64.7 Å². The molecule has 0 aromatic heterocycles. The molecule has 250 valence electrons. The van der Waals surface area contributed by atoms with Crippen LogP contribution in [0.25, 0.3) is 0 Å². The van der Waals surface area contributed by atoms with Gasteiger partial charge in [0.15, 0.2) is 0 Å². The van der Waals surface area contributed by atoms with Crippen molar-refractivity contribution in [2.45, 2.75) is 13.8 Å². The summed E-state index contributed by atoms with van der Waals surface area (Å²) in [4.78, 5) is 26.8. The Morgan fingerprint density at radius 3 is 1.40 bits per heavy atom. The van der Waals surface area contributed by atoms with Crippen molar-refractivity contribution in [1.82, 2.24) is 0 Å². The summed E-state index contributed by atoms with van der Waals surface area (Å²) < 4.78 is 35.2. The average Bonchev–Trinajstić information content (AvgIpc) is 3.08. The summed E-state index contributed by atoms with van der Waals surface area (Å²) in [6.45, 7) is 10.1. The smallest absolute Gasteiger partial charge is 0.259 e. The summed E-state index contributed by atoms with van der Waals surface area (Å²) in [7, 11) is 0. The van der Waals surface area contributed by atoms with Gasteiger partial charge in [-0.25, -0.2) is 0 Å². The maximum absolute atomic E-state index is 13.4. The Morgan fingerprint density at radius 1 is 0.521 bits per heavy atom. The van der Waals surface area contributed by atoms with Crippen LogP contribution in [0.15, 0.2) is 97.1 Å². The lowest BCUT2D eigenvalue weighted by Gasteiger charge is -2.17. The molecule has 0 aliphatic carbocycles. The Morgan fingerprint density at radius 2 is 0.938 bits per heavy atom. The summed E-state index contributed by atoms with van der Waals surface area (Å²) in [5.74, 6) is 1.15. The van der Waals surface area contributed by atoms with Crippen LogP contribution in [0, 0.1) is 13.8 Å². The average molecular weight is 653 g/mol. The summed E-state index contributed by atoms with van der Waals surface area (Å²) >= 11 is 0. The van der Waals surface area contributed by atoms with Gasteiger partial charge < -0.3 is 39.1 Å². The second kappa shape index (κ2) is 17.0. The van der Waals surface area contributed by atoms with Crippen LogP contribution in [-0.2, 0) is 9.47 Å². The van der Waals surface area contributed by atoms with Crippen LogP contribution in [0.1, 0.15) is 31.8 Å². The fourth-order valence-corrected chi connectivity index (χ4v) is 4.82. The fourth-order valence-electron chi connectivity index (χ4n) is 4.82. The predicted octanol–water partition coefficient (Wildman–Crippen LogP) is 6.63. The SMILES string of the molecule is C=C1COc2ccc(C)cc2NC(=O)c2ccccc2OCCOCCOCCOc2ccccc2C(=O)Nc2cc(C)ccc2OC1. The summed E-state index contributed by atoms with van der Waals surface area (Å²) in [5, 5.41) is 5.93. The first-order valence-corrected chi connectivity index (χ1v) is 15.7. The van der Waals surface area contributed by atoms with Gasteiger partial charge in [0.2, 0.25) is 0 Å². The molecule has 5 rings (SSSR count). The highest BCUT2D eigenvalue weighted by molar-refractivity contribution is 6.07. The Kier molecular flexibility index (Phi) is 12.1. The number of fused-ring (bicyclic) bond motifs is 4. The first kappa shape index (κ1) is 34.0. The quantitative estimate of drug-likeness (QED) is 0.204. The number of anilines is 2.